The average Bonchev–Trinajstić information content (AvgIpc) is 2.94. The smallest absolute Gasteiger partial charge is 0.275 e. The van der Waals surface area contributed by atoms with Crippen LogP contribution in [0.1, 0.15) is 24.6 Å². The van der Waals surface area contributed by atoms with Crippen LogP contribution in [0, 0.1) is 0 Å². The molecular formula is C12H16N3O3P. The maximum atomic E-state index is 11.6. The summed E-state index contributed by atoms with van der Waals surface area (Å²) < 4.78 is 0. The standard InChI is InChI=1S/C12H16N3O3P/c1-2-6-9(16)10(17)11(19-6)5-3-13-8-7(5)14-4-15-12(8)18/h3-4,6,9-11,13,16-17,19H,2H2,1H3,(H,14,15,18)/t6-,9-,10-,11+/m1/s1. The Morgan fingerprint density at radius 3 is 2.84 bits per heavy atom. The molecule has 1 saturated heterocycles. The predicted octanol–water partition coefficient (Wildman–Crippen LogP) is 0.485. The summed E-state index contributed by atoms with van der Waals surface area (Å²) >= 11 is 0. The summed E-state index contributed by atoms with van der Waals surface area (Å²) in [5, 5.41) is 20.2. The summed E-state index contributed by atoms with van der Waals surface area (Å²) in [4.78, 5) is 21.2. The number of aliphatic hydroxyl groups is 2. The molecule has 1 fully saturated rings. The normalized spacial score (nSPS) is 32.4. The van der Waals surface area contributed by atoms with E-state index < -0.39 is 12.2 Å². The third kappa shape index (κ3) is 1.91. The SMILES string of the molecule is CC[C@H]1P[C@@H](c2c[nH]c3c(=O)[nH]cnc23)[C@H](O)[C@@H]1O. The highest BCUT2D eigenvalue weighted by Crippen LogP contribution is 2.52. The monoisotopic (exact) mass is 281 g/mol. The van der Waals surface area contributed by atoms with Gasteiger partial charge < -0.3 is 20.2 Å². The van der Waals surface area contributed by atoms with E-state index in [1.807, 2.05) is 6.92 Å². The molecule has 1 aliphatic rings. The highest BCUT2D eigenvalue weighted by atomic mass is 31.1. The van der Waals surface area contributed by atoms with Crippen molar-refractivity contribution in [3.8, 4) is 0 Å². The maximum Gasteiger partial charge on any atom is 0.275 e. The number of nitrogens with one attached hydrogen (secondary N) is 2. The molecule has 3 heterocycles. The Hall–Kier alpha value is -1.23. The molecule has 5 atom stereocenters. The molecule has 0 amide bonds. The highest BCUT2D eigenvalue weighted by Gasteiger charge is 2.42. The largest absolute Gasteiger partial charge is 0.390 e. The second-order valence-electron chi connectivity index (χ2n) is 4.84. The van der Waals surface area contributed by atoms with E-state index in [0.29, 0.717) is 19.6 Å². The van der Waals surface area contributed by atoms with Crippen LogP contribution in [-0.2, 0) is 0 Å². The van der Waals surface area contributed by atoms with Gasteiger partial charge in [0.1, 0.15) is 5.52 Å². The molecule has 1 aliphatic heterocycles. The number of rotatable bonds is 2. The first kappa shape index (κ1) is 12.8. The van der Waals surface area contributed by atoms with E-state index in [0.717, 1.165) is 12.0 Å². The zero-order chi connectivity index (χ0) is 13.6. The van der Waals surface area contributed by atoms with Gasteiger partial charge in [0.05, 0.1) is 24.1 Å². The van der Waals surface area contributed by atoms with Gasteiger partial charge in [-0.05, 0) is 6.42 Å². The van der Waals surface area contributed by atoms with Gasteiger partial charge in [-0.25, -0.2) is 4.98 Å². The third-order valence-electron chi connectivity index (χ3n) is 3.77. The topological polar surface area (TPSA) is 102 Å². The second-order valence-corrected chi connectivity index (χ2v) is 6.54. The molecular weight excluding hydrogens is 265 g/mol. The molecule has 102 valence electrons. The summed E-state index contributed by atoms with van der Waals surface area (Å²) in [6.45, 7) is 2.01. The van der Waals surface area contributed by atoms with Crippen LogP contribution < -0.4 is 5.56 Å². The minimum absolute atomic E-state index is 0.118. The van der Waals surface area contributed by atoms with E-state index in [1.54, 1.807) is 6.20 Å². The Morgan fingerprint density at radius 1 is 1.37 bits per heavy atom. The average molecular weight is 281 g/mol. The summed E-state index contributed by atoms with van der Waals surface area (Å²) in [5.74, 6) is 0. The van der Waals surface area contributed by atoms with Gasteiger partial charge in [0, 0.05) is 23.1 Å². The van der Waals surface area contributed by atoms with Gasteiger partial charge in [-0.15, -0.1) is 8.58 Å². The first-order valence-electron chi connectivity index (χ1n) is 6.30. The Labute approximate surface area is 111 Å². The van der Waals surface area contributed by atoms with Gasteiger partial charge in [-0.1, -0.05) is 6.92 Å². The molecule has 2 aromatic heterocycles. The van der Waals surface area contributed by atoms with Crippen molar-refractivity contribution in [1.29, 1.82) is 0 Å². The summed E-state index contributed by atoms with van der Waals surface area (Å²) in [6, 6.07) is 0. The second kappa shape index (κ2) is 4.71. The minimum atomic E-state index is -0.789. The number of H-pyrrole nitrogens is 2. The van der Waals surface area contributed by atoms with Crippen molar-refractivity contribution in [2.75, 3.05) is 0 Å². The molecule has 0 spiro atoms. The van der Waals surface area contributed by atoms with Gasteiger partial charge in [-0.2, -0.15) is 0 Å². The van der Waals surface area contributed by atoms with Crippen LogP contribution in [0.15, 0.2) is 17.3 Å². The lowest BCUT2D eigenvalue weighted by atomic mass is 10.0. The van der Waals surface area contributed by atoms with Crippen LogP contribution in [0.25, 0.3) is 11.0 Å². The Morgan fingerprint density at radius 2 is 2.16 bits per heavy atom. The molecule has 0 aromatic carbocycles. The summed E-state index contributed by atoms with van der Waals surface area (Å²) in [7, 11) is 0.434. The van der Waals surface area contributed by atoms with E-state index in [1.165, 1.54) is 6.33 Å². The molecule has 3 rings (SSSR count). The van der Waals surface area contributed by atoms with Crippen LogP contribution >= 0.6 is 8.58 Å². The number of nitrogens with zero attached hydrogens (tertiary/aromatic N) is 1. The summed E-state index contributed by atoms with van der Waals surface area (Å²) in [5.41, 5.74) is 1.57. The van der Waals surface area contributed by atoms with Crippen LogP contribution in [0.3, 0.4) is 0 Å². The molecule has 1 unspecified atom stereocenters. The van der Waals surface area contributed by atoms with Crippen LogP contribution in [0.4, 0.5) is 0 Å². The third-order valence-corrected chi connectivity index (χ3v) is 5.96. The number of aromatic nitrogens is 3. The van der Waals surface area contributed by atoms with Crippen molar-refractivity contribution in [1.82, 2.24) is 15.0 Å². The van der Waals surface area contributed by atoms with Crippen molar-refractivity contribution in [2.45, 2.75) is 36.9 Å². The molecule has 6 nitrogen and oxygen atoms in total. The van der Waals surface area contributed by atoms with E-state index in [4.69, 9.17) is 0 Å². The van der Waals surface area contributed by atoms with E-state index >= 15 is 0 Å². The molecule has 0 saturated carbocycles. The van der Waals surface area contributed by atoms with Crippen molar-refractivity contribution in [3.05, 3.63) is 28.4 Å². The van der Waals surface area contributed by atoms with Crippen molar-refractivity contribution in [3.63, 3.8) is 0 Å². The maximum absolute atomic E-state index is 11.6. The lowest BCUT2D eigenvalue weighted by molar-refractivity contribution is 0.0276. The van der Waals surface area contributed by atoms with Gasteiger partial charge in [0.25, 0.3) is 5.56 Å². The predicted molar refractivity (Wildman–Crippen MR) is 73.9 cm³/mol. The van der Waals surface area contributed by atoms with Gasteiger partial charge in [0.2, 0.25) is 0 Å². The molecule has 0 radical (unpaired) electrons. The fourth-order valence-corrected chi connectivity index (χ4v) is 4.59. The van der Waals surface area contributed by atoms with E-state index in [2.05, 4.69) is 15.0 Å². The first-order chi connectivity index (χ1) is 9.13. The number of aliphatic hydroxyl groups excluding tert-OH is 2. The van der Waals surface area contributed by atoms with Crippen LogP contribution in [0.5, 0.6) is 0 Å². The molecule has 19 heavy (non-hydrogen) atoms. The molecule has 7 heteroatoms. The fourth-order valence-electron chi connectivity index (χ4n) is 2.70. The quantitative estimate of drug-likeness (QED) is 0.601. The van der Waals surface area contributed by atoms with Gasteiger partial charge in [0.15, 0.2) is 0 Å². The minimum Gasteiger partial charge on any atom is -0.390 e. The van der Waals surface area contributed by atoms with E-state index in [9.17, 15) is 15.0 Å². The molecule has 4 N–H and O–H groups in total. The number of hydrogen-bond acceptors (Lipinski definition) is 4. The van der Waals surface area contributed by atoms with Crippen LogP contribution in [-0.4, -0.2) is 43.0 Å². The van der Waals surface area contributed by atoms with Gasteiger partial charge in [-0.3, -0.25) is 4.79 Å². The van der Waals surface area contributed by atoms with Gasteiger partial charge >= 0.3 is 0 Å². The number of aromatic amines is 2. The number of fused-ring (bicyclic) bond motifs is 1. The molecule has 2 aromatic rings. The van der Waals surface area contributed by atoms with Crippen molar-refractivity contribution >= 4 is 19.6 Å². The lowest BCUT2D eigenvalue weighted by Gasteiger charge is -2.15. The zero-order valence-electron chi connectivity index (χ0n) is 10.4. The highest BCUT2D eigenvalue weighted by molar-refractivity contribution is 7.40. The first-order valence-corrected chi connectivity index (χ1v) is 7.45. The number of hydrogen-bond donors (Lipinski definition) is 4. The zero-order valence-corrected chi connectivity index (χ0v) is 11.4. The van der Waals surface area contributed by atoms with Crippen LogP contribution in [0.2, 0.25) is 0 Å². The fraction of sp³-hybridized carbons (Fsp3) is 0.500. The Balaban J connectivity index is 2.06. The van der Waals surface area contributed by atoms with Crippen molar-refractivity contribution < 1.29 is 10.2 Å². The Kier molecular flexibility index (Phi) is 3.17. The van der Waals surface area contributed by atoms with E-state index in [-0.39, 0.29) is 16.9 Å². The molecule has 0 bridgehead atoms. The Bertz CT molecular complexity index is 653. The molecule has 0 aliphatic carbocycles. The summed E-state index contributed by atoms with van der Waals surface area (Å²) in [6.07, 6.45) is 2.44. The lowest BCUT2D eigenvalue weighted by Crippen LogP contribution is -2.29. The van der Waals surface area contributed by atoms with Crippen molar-refractivity contribution in [2.24, 2.45) is 0 Å².